The number of rotatable bonds is 6. The second-order valence-electron chi connectivity index (χ2n) is 4.15. The Labute approximate surface area is 99.8 Å². The number of aliphatic hydroxyl groups is 1. The zero-order valence-electron chi connectivity index (χ0n) is 9.39. The fourth-order valence-corrected chi connectivity index (χ4v) is 3.10. The van der Waals surface area contributed by atoms with Crippen molar-refractivity contribution in [2.75, 3.05) is 6.61 Å². The summed E-state index contributed by atoms with van der Waals surface area (Å²) in [5, 5.41) is 13.4. The molecular weight excluding hydrogens is 224 g/mol. The Morgan fingerprint density at radius 3 is 2.94 bits per heavy atom. The van der Waals surface area contributed by atoms with Gasteiger partial charge in [0.1, 0.15) is 0 Å². The van der Waals surface area contributed by atoms with E-state index in [1.54, 1.807) is 0 Å². The van der Waals surface area contributed by atoms with E-state index in [9.17, 15) is 0 Å². The Morgan fingerprint density at radius 1 is 1.38 bits per heavy atom. The monoisotopic (exact) mass is 242 g/mol. The van der Waals surface area contributed by atoms with E-state index in [0.29, 0.717) is 18.7 Å². The first-order chi connectivity index (χ1) is 7.88. The van der Waals surface area contributed by atoms with Crippen molar-refractivity contribution in [3.05, 3.63) is 11.7 Å². The van der Waals surface area contributed by atoms with Crippen LogP contribution < -0.4 is 0 Å². The Morgan fingerprint density at radius 2 is 2.19 bits per heavy atom. The van der Waals surface area contributed by atoms with Crippen LogP contribution in [0.15, 0.2) is 4.52 Å². The molecule has 0 radical (unpaired) electrons. The van der Waals surface area contributed by atoms with Crippen molar-refractivity contribution >= 4 is 11.8 Å². The summed E-state index contributed by atoms with van der Waals surface area (Å²) < 4.78 is 5.10. The van der Waals surface area contributed by atoms with E-state index in [-0.39, 0.29) is 6.61 Å². The molecule has 90 valence electrons. The molecule has 16 heavy (non-hydrogen) atoms. The van der Waals surface area contributed by atoms with Crippen LogP contribution in [0.4, 0.5) is 0 Å². The zero-order chi connectivity index (χ0) is 11.2. The summed E-state index contributed by atoms with van der Waals surface area (Å²) in [6, 6.07) is 0. The molecule has 1 fully saturated rings. The minimum absolute atomic E-state index is 0.175. The number of hydrogen-bond donors (Lipinski definition) is 1. The van der Waals surface area contributed by atoms with Crippen LogP contribution in [0.1, 0.15) is 43.8 Å². The van der Waals surface area contributed by atoms with E-state index in [0.717, 1.165) is 16.8 Å². The zero-order valence-corrected chi connectivity index (χ0v) is 10.2. The highest BCUT2D eigenvalue weighted by atomic mass is 32.2. The van der Waals surface area contributed by atoms with Crippen molar-refractivity contribution in [1.82, 2.24) is 10.1 Å². The number of nitrogens with zero attached hydrogens (tertiary/aromatic N) is 2. The van der Waals surface area contributed by atoms with Gasteiger partial charge < -0.3 is 9.63 Å². The lowest BCUT2D eigenvalue weighted by molar-refractivity contribution is 0.278. The van der Waals surface area contributed by atoms with E-state index in [2.05, 4.69) is 10.1 Å². The van der Waals surface area contributed by atoms with Crippen molar-refractivity contribution in [3.8, 4) is 0 Å². The van der Waals surface area contributed by atoms with Crippen molar-refractivity contribution in [3.63, 3.8) is 0 Å². The third kappa shape index (κ3) is 3.49. The number of aliphatic hydroxyl groups excluding tert-OH is 1. The van der Waals surface area contributed by atoms with Crippen LogP contribution >= 0.6 is 11.8 Å². The lowest BCUT2D eigenvalue weighted by Crippen LogP contribution is -1.96. The lowest BCUT2D eigenvalue weighted by atomic mass is 10.3. The molecule has 0 spiro atoms. The van der Waals surface area contributed by atoms with Gasteiger partial charge in [-0.05, 0) is 19.3 Å². The second kappa shape index (κ2) is 6.25. The summed E-state index contributed by atoms with van der Waals surface area (Å²) in [6.07, 6.45) is 6.77. The molecule has 0 aromatic carbocycles. The molecule has 2 rings (SSSR count). The van der Waals surface area contributed by atoms with E-state index in [4.69, 9.17) is 9.63 Å². The van der Waals surface area contributed by atoms with Crippen LogP contribution in [-0.2, 0) is 12.2 Å². The van der Waals surface area contributed by atoms with E-state index in [1.165, 1.54) is 25.7 Å². The van der Waals surface area contributed by atoms with Crippen LogP contribution in [0.5, 0.6) is 0 Å². The molecule has 1 heterocycles. The highest BCUT2D eigenvalue weighted by molar-refractivity contribution is 7.99. The van der Waals surface area contributed by atoms with E-state index in [1.807, 2.05) is 11.8 Å². The van der Waals surface area contributed by atoms with Gasteiger partial charge in [0.25, 0.3) is 0 Å². The van der Waals surface area contributed by atoms with Gasteiger partial charge in [0.05, 0.1) is 5.75 Å². The normalized spacial score (nSPS) is 17.1. The Balaban J connectivity index is 1.73. The first-order valence-electron chi connectivity index (χ1n) is 5.92. The molecule has 0 unspecified atom stereocenters. The third-order valence-electron chi connectivity index (χ3n) is 2.81. The first-order valence-corrected chi connectivity index (χ1v) is 6.97. The Bertz CT molecular complexity index is 311. The molecule has 4 nitrogen and oxygen atoms in total. The van der Waals surface area contributed by atoms with E-state index < -0.39 is 0 Å². The number of aryl methyl sites for hydroxylation is 1. The fourth-order valence-electron chi connectivity index (χ4n) is 1.93. The van der Waals surface area contributed by atoms with Crippen molar-refractivity contribution < 1.29 is 9.63 Å². The van der Waals surface area contributed by atoms with Gasteiger partial charge in [-0.1, -0.05) is 18.0 Å². The molecule has 0 bridgehead atoms. The number of aromatic nitrogens is 2. The Hall–Kier alpha value is -0.550. The molecule has 1 aliphatic rings. The van der Waals surface area contributed by atoms with Crippen LogP contribution in [-0.4, -0.2) is 27.1 Å². The van der Waals surface area contributed by atoms with Gasteiger partial charge in [0.2, 0.25) is 5.89 Å². The summed E-state index contributed by atoms with van der Waals surface area (Å²) in [4.78, 5) is 4.30. The van der Waals surface area contributed by atoms with Gasteiger partial charge in [0, 0.05) is 18.3 Å². The average Bonchev–Trinajstić information content (AvgIpc) is 2.95. The predicted molar refractivity (Wildman–Crippen MR) is 63.3 cm³/mol. The quantitative estimate of drug-likeness (QED) is 0.828. The highest BCUT2D eigenvalue weighted by Crippen LogP contribution is 2.30. The van der Waals surface area contributed by atoms with E-state index >= 15 is 0 Å². The average molecular weight is 242 g/mol. The molecular formula is C11H18N2O2S. The van der Waals surface area contributed by atoms with Gasteiger partial charge in [0.15, 0.2) is 5.82 Å². The molecule has 1 aromatic heterocycles. The summed E-state index contributed by atoms with van der Waals surface area (Å²) in [7, 11) is 0. The van der Waals surface area contributed by atoms with Gasteiger partial charge in [-0.2, -0.15) is 16.7 Å². The SMILES string of the molecule is OCCCc1nc(CSC2CCCC2)no1. The van der Waals surface area contributed by atoms with Gasteiger partial charge in [-0.15, -0.1) is 0 Å². The first kappa shape index (κ1) is 11.9. The molecule has 0 atom stereocenters. The van der Waals surface area contributed by atoms with Crippen LogP contribution in [0.3, 0.4) is 0 Å². The summed E-state index contributed by atoms with van der Waals surface area (Å²) >= 11 is 1.94. The summed E-state index contributed by atoms with van der Waals surface area (Å²) in [5.41, 5.74) is 0. The summed E-state index contributed by atoms with van der Waals surface area (Å²) in [5.74, 6) is 2.30. The smallest absolute Gasteiger partial charge is 0.226 e. The number of hydrogen-bond acceptors (Lipinski definition) is 5. The predicted octanol–water partition coefficient (Wildman–Crippen LogP) is 2.17. The topological polar surface area (TPSA) is 59.2 Å². The maximum Gasteiger partial charge on any atom is 0.226 e. The van der Waals surface area contributed by atoms with Crippen LogP contribution in [0.2, 0.25) is 0 Å². The van der Waals surface area contributed by atoms with Crippen molar-refractivity contribution in [2.45, 2.75) is 49.5 Å². The molecule has 0 amide bonds. The molecule has 1 aromatic rings. The fraction of sp³-hybridized carbons (Fsp3) is 0.818. The molecule has 0 aliphatic heterocycles. The molecule has 0 saturated heterocycles. The van der Waals surface area contributed by atoms with Crippen LogP contribution in [0, 0.1) is 0 Å². The second-order valence-corrected chi connectivity index (χ2v) is 5.44. The van der Waals surface area contributed by atoms with Gasteiger partial charge in [-0.25, -0.2) is 0 Å². The standard InChI is InChI=1S/C11H18N2O2S/c14-7-3-6-11-12-10(13-15-11)8-16-9-4-1-2-5-9/h9,14H,1-8H2. The minimum atomic E-state index is 0.175. The lowest BCUT2D eigenvalue weighted by Gasteiger charge is -2.04. The molecule has 1 aliphatic carbocycles. The molecule has 1 N–H and O–H groups in total. The van der Waals surface area contributed by atoms with Crippen molar-refractivity contribution in [2.24, 2.45) is 0 Å². The summed E-state index contributed by atoms with van der Waals surface area (Å²) in [6.45, 7) is 0.175. The largest absolute Gasteiger partial charge is 0.396 e. The minimum Gasteiger partial charge on any atom is -0.396 e. The highest BCUT2D eigenvalue weighted by Gasteiger charge is 2.16. The molecule has 5 heteroatoms. The van der Waals surface area contributed by atoms with Gasteiger partial charge >= 0.3 is 0 Å². The third-order valence-corrected chi connectivity index (χ3v) is 4.18. The number of thioether (sulfide) groups is 1. The maximum absolute atomic E-state index is 8.69. The van der Waals surface area contributed by atoms with Crippen molar-refractivity contribution in [1.29, 1.82) is 0 Å². The van der Waals surface area contributed by atoms with Gasteiger partial charge in [-0.3, -0.25) is 0 Å². The van der Waals surface area contributed by atoms with Crippen LogP contribution in [0.25, 0.3) is 0 Å². The molecule has 1 saturated carbocycles. The Kier molecular flexibility index (Phi) is 4.66. The maximum atomic E-state index is 8.69.